The number of aromatic nitrogens is 4. The van der Waals surface area contributed by atoms with Crippen molar-refractivity contribution >= 4 is 17.5 Å². The molecule has 0 saturated carbocycles. The van der Waals surface area contributed by atoms with Gasteiger partial charge in [-0.1, -0.05) is 6.92 Å². The zero-order chi connectivity index (χ0) is 10.4. The van der Waals surface area contributed by atoms with Crippen LogP contribution in [0.25, 0.3) is 5.78 Å². The van der Waals surface area contributed by atoms with Gasteiger partial charge >= 0.3 is 0 Å². The fourth-order valence-electron chi connectivity index (χ4n) is 1.76. The van der Waals surface area contributed by atoms with Crippen molar-refractivity contribution in [2.24, 2.45) is 0 Å². The molecule has 0 fully saturated rings. The van der Waals surface area contributed by atoms with Crippen molar-refractivity contribution in [3.8, 4) is 0 Å². The van der Waals surface area contributed by atoms with Crippen molar-refractivity contribution in [3.05, 3.63) is 27.4 Å². The molecular weight excluding hydrogens is 212 g/mol. The molecule has 0 amide bonds. The number of thioether (sulfide) groups is 1. The predicted molar refractivity (Wildman–Crippen MR) is 58.0 cm³/mol. The third-order valence-corrected chi connectivity index (χ3v) is 3.53. The zero-order valence-electron chi connectivity index (χ0n) is 8.28. The molecule has 0 aliphatic carbocycles. The maximum atomic E-state index is 11.7. The topological polar surface area (TPSA) is 63.0 Å². The number of hydrogen-bond donors (Lipinski definition) is 1. The van der Waals surface area contributed by atoms with E-state index < -0.39 is 0 Å². The van der Waals surface area contributed by atoms with Crippen LogP contribution in [0.15, 0.2) is 4.79 Å². The van der Waals surface area contributed by atoms with E-state index in [1.807, 2.05) is 6.92 Å². The molecule has 0 spiro atoms. The predicted octanol–water partition coefficient (Wildman–Crippen LogP) is 0.727. The van der Waals surface area contributed by atoms with Crippen molar-refractivity contribution in [1.29, 1.82) is 0 Å². The number of fused-ring (bicyclic) bond motifs is 3. The van der Waals surface area contributed by atoms with Gasteiger partial charge in [0.2, 0.25) is 5.78 Å². The molecule has 1 N–H and O–H groups in total. The van der Waals surface area contributed by atoms with Crippen LogP contribution in [-0.2, 0) is 17.9 Å². The second-order valence-corrected chi connectivity index (χ2v) is 4.47. The summed E-state index contributed by atoms with van der Waals surface area (Å²) in [5.41, 5.74) is 1.84. The molecule has 0 radical (unpaired) electrons. The Labute approximate surface area is 89.9 Å². The third-order valence-electron chi connectivity index (χ3n) is 2.56. The summed E-state index contributed by atoms with van der Waals surface area (Å²) in [6.07, 6.45) is 0.783. The molecule has 3 heterocycles. The van der Waals surface area contributed by atoms with Gasteiger partial charge in [-0.15, -0.1) is 5.10 Å². The summed E-state index contributed by atoms with van der Waals surface area (Å²) in [5.74, 6) is 2.97. The van der Waals surface area contributed by atoms with Crippen LogP contribution in [0.3, 0.4) is 0 Å². The summed E-state index contributed by atoms with van der Waals surface area (Å²) in [5, 5.41) is 4.37. The molecule has 1 aliphatic rings. The van der Waals surface area contributed by atoms with Gasteiger partial charge in [0.05, 0.1) is 5.69 Å². The average molecular weight is 222 g/mol. The van der Waals surface area contributed by atoms with Crippen LogP contribution in [0.4, 0.5) is 0 Å². The third kappa shape index (κ3) is 1.21. The summed E-state index contributed by atoms with van der Waals surface area (Å²) < 4.78 is 1.77. The highest BCUT2D eigenvalue weighted by molar-refractivity contribution is 7.98. The second-order valence-electron chi connectivity index (χ2n) is 3.49. The first-order chi connectivity index (χ1) is 7.29. The van der Waals surface area contributed by atoms with E-state index in [9.17, 15) is 4.79 Å². The summed E-state index contributed by atoms with van der Waals surface area (Å²) >= 11 is 1.74. The highest BCUT2D eigenvalue weighted by atomic mass is 32.2. The molecule has 2 aromatic rings. The molecule has 0 atom stereocenters. The first-order valence-corrected chi connectivity index (χ1v) is 6.02. The highest BCUT2D eigenvalue weighted by Crippen LogP contribution is 2.26. The smallest absolute Gasteiger partial charge is 0.256 e. The van der Waals surface area contributed by atoms with Gasteiger partial charge in [0.15, 0.2) is 5.82 Å². The lowest BCUT2D eigenvalue weighted by atomic mass is 10.3. The minimum Gasteiger partial charge on any atom is -0.290 e. The molecule has 6 heteroatoms. The van der Waals surface area contributed by atoms with Crippen molar-refractivity contribution in [3.63, 3.8) is 0 Å². The van der Waals surface area contributed by atoms with Crippen LogP contribution in [0.1, 0.15) is 24.0 Å². The van der Waals surface area contributed by atoms with Crippen molar-refractivity contribution in [1.82, 2.24) is 19.6 Å². The Balaban J connectivity index is 2.40. The standard InChI is InChI=1S/C9H10N4OS/c1-2-7-10-9-11-8(14)5-3-15-4-6(5)13(9)12-7/h2-4H2,1H3,(H,10,11,12,14). The van der Waals surface area contributed by atoms with Gasteiger partial charge in [0.1, 0.15) is 0 Å². The van der Waals surface area contributed by atoms with Crippen LogP contribution in [-0.4, -0.2) is 19.6 Å². The van der Waals surface area contributed by atoms with Crippen LogP contribution in [0.5, 0.6) is 0 Å². The van der Waals surface area contributed by atoms with Crippen LogP contribution >= 0.6 is 11.8 Å². The average Bonchev–Trinajstić information content (AvgIpc) is 2.80. The largest absolute Gasteiger partial charge is 0.290 e. The lowest BCUT2D eigenvalue weighted by Crippen LogP contribution is -2.16. The summed E-state index contributed by atoms with van der Waals surface area (Å²) in [6, 6.07) is 0. The molecule has 0 aromatic carbocycles. The molecule has 0 bridgehead atoms. The van der Waals surface area contributed by atoms with E-state index >= 15 is 0 Å². The molecule has 3 rings (SSSR count). The number of nitrogens with one attached hydrogen (secondary N) is 1. The summed E-state index contributed by atoms with van der Waals surface area (Å²) in [6.45, 7) is 2.00. The highest BCUT2D eigenvalue weighted by Gasteiger charge is 2.20. The molecule has 0 saturated heterocycles. The zero-order valence-corrected chi connectivity index (χ0v) is 9.10. The Kier molecular flexibility index (Phi) is 1.85. The van der Waals surface area contributed by atoms with E-state index in [0.29, 0.717) is 5.78 Å². The van der Waals surface area contributed by atoms with Crippen molar-refractivity contribution in [2.45, 2.75) is 24.9 Å². The van der Waals surface area contributed by atoms with E-state index in [-0.39, 0.29) is 5.56 Å². The minimum atomic E-state index is -0.0162. The molecule has 0 unspecified atom stereocenters. The first kappa shape index (κ1) is 8.96. The second kappa shape index (κ2) is 3.10. The van der Waals surface area contributed by atoms with Gasteiger partial charge in [-0.2, -0.15) is 16.7 Å². The van der Waals surface area contributed by atoms with Crippen LogP contribution < -0.4 is 5.56 Å². The van der Waals surface area contributed by atoms with E-state index in [1.165, 1.54) is 0 Å². The van der Waals surface area contributed by atoms with Crippen LogP contribution in [0.2, 0.25) is 0 Å². The Bertz CT molecular complexity index is 586. The molecule has 78 valence electrons. The molecule has 2 aromatic heterocycles. The summed E-state index contributed by atoms with van der Waals surface area (Å²) in [7, 11) is 0. The Morgan fingerprint density at radius 2 is 2.40 bits per heavy atom. The maximum Gasteiger partial charge on any atom is 0.256 e. The molecule has 1 aliphatic heterocycles. The van der Waals surface area contributed by atoms with Gasteiger partial charge in [0.25, 0.3) is 5.56 Å². The van der Waals surface area contributed by atoms with Gasteiger partial charge < -0.3 is 0 Å². The Morgan fingerprint density at radius 3 is 3.20 bits per heavy atom. The van der Waals surface area contributed by atoms with Crippen molar-refractivity contribution < 1.29 is 0 Å². The number of nitrogens with zero attached hydrogens (tertiary/aromatic N) is 3. The first-order valence-electron chi connectivity index (χ1n) is 4.87. The Morgan fingerprint density at radius 1 is 1.53 bits per heavy atom. The van der Waals surface area contributed by atoms with Gasteiger partial charge in [-0.25, -0.2) is 4.52 Å². The maximum absolute atomic E-state index is 11.7. The lowest BCUT2D eigenvalue weighted by Gasteiger charge is -1.98. The van der Waals surface area contributed by atoms with E-state index in [4.69, 9.17) is 0 Å². The Hall–Kier alpha value is -1.30. The minimum absolute atomic E-state index is 0.0162. The lowest BCUT2D eigenvalue weighted by molar-refractivity contribution is 0.837. The number of aromatic amines is 1. The normalized spacial score (nSPS) is 14.7. The van der Waals surface area contributed by atoms with Gasteiger partial charge in [-0.05, 0) is 0 Å². The number of hydrogen-bond acceptors (Lipinski definition) is 4. The van der Waals surface area contributed by atoms with Gasteiger partial charge in [-0.3, -0.25) is 9.78 Å². The van der Waals surface area contributed by atoms with Crippen LogP contribution in [0, 0.1) is 0 Å². The molecule has 5 nitrogen and oxygen atoms in total. The fraction of sp³-hybridized carbons (Fsp3) is 0.444. The van der Waals surface area contributed by atoms with E-state index in [2.05, 4.69) is 15.1 Å². The number of aryl methyl sites for hydroxylation is 1. The van der Waals surface area contributed by atoms with E-state index in [1.54, 1.807) is 16.3 Å². The molecule has 15 heavy (non-hydrogen) atoms. The fourth-order valence-corrected chi connectivity index (χ4v) is 2.85. The SMILES string of the molecule is CCc1nc2[nH]c(=O)c3c(n2n1)CSC3. The monoisotopic (exact) mass is 222 g/mol. The van der Waals surface area contributed by atoms with Gasteiger partial charge in [0, 0.05) is 23.5 Å². The number of H-pyrrole nitrogens is 1. The quantitative estimate of drug-likeness (QED) is 0.772. The van der Waals surface area contributed by atoms with Crippen molar-refractivity contribution in [2.75, 3.05) is 0 Å². The molecular formula is C9H10N4OS. The summed E-state index contributed by atoms with van der Waals surface area (Å²) in [4.78, 5) is 18.7. The number of rotatable bonds is 1. The van der Waals surface area contributed by atoms with E-state index in [0.717, 1.165) is 35.0 Å².